The van der Waals surface area contributed by atoms with Gasteiger partial charge in [0.15, 0.2) is 5.65 Å². The Morgan fingerprint density at radius 3 is 2.19 bits per heavy atom. The third kappa shape index (κ3) is 4.88. The number of aromatic nitrogens is 4. The Morgan fingerprint density at radius 1 is 0.946 bits per heavy atom. The van der Waals surface area contributed by atoms with Crippen LogP contribution in [-0.2, 0) is 0 Å². The monoisotopic (exact) mass is 534 g/mol. The van der Waals surface area contributed by atoms with Gasteiger partial charge in [0.2, 0.25) is 5.95 Å². The molecule has 12 heteroatoms. The second-order valence-electron chi connectivity index (χ2n) is 7.70. The molecule has 0 aliphatic heterocycles. The molecule has 0 spiro atoms. The lowest BCUT2D eigenvalue weighted by Crippen LogP contribution is -2.25. The summed E-state index contributed by atoms with van der Waals surface area (Å²) in [5, 5.41) is 12.9. The number of carboxylic acids is 1. The molecular weight excluding hydrogens is 519 g/mol. The number of nitrogens with zero attached hydrogens (tertiary/aromatic N) is 4. The van der Waals surface area contributed by atoms with Crippen LogP contribution in [0.25, 0.3) is 16.7 Å². The summed E-state index contributed by atoms with van der Waals surface area (Å²) in [6, 6.07) is 17.8. The van der Waals surface area contributed by atoms with Gasteiger partial charge in [-0.1, -0.05) is 29.3 Å². The van der Waals surface area contributed by atoms with Gasteiger partial charge in [-0.05, 0) is 60.7 Å². The highest BCUT2D eigenvalue weighted by atomic mass is 35.5. The number of anilines is 3. The van der Waals surface area contributed by atoms with E-state index in [9.17, 15) is 9.59 Å². The van der Waals surface area contributed by atoms with Crippen molar-refractivity contribution in [3.05, 3.63) is 99.0 Å². The first-order valence-electron chi connectivity index (χ1n) is 10.7. The minimum atomic E-state index is -1.01. The maximum Gasteiger partial charge on any atom is 0.355 e. The summed E-state index contributed by atoms with van der Waals surface area (Å²) in [4.78, 5) is 36.4. The molecule has 0 bridgehead atoms. The molecule has 10 nitrogen and oxygen atoms in total. The van der Waals surface area contributed by atoms with Crippen LogP contribution in [0.5, 0.6) is 11.5 Å². The molecule has 0 aliphatic carbocycles. The van der Waals surface area contributed by atoms with Gasteiger partial charge in [-0.15, -0.1) is 0 Å². The van der Waals surface area contributed by atoms with Gasteiger partial charge in [-0.25, -0.2) is 19.1 Å². The Bertz CT molecular complexity index is 1690. The van der Waals surface area contributed by atoms with E-state index in [0.29, 0.717) is 22.6 Å². The maximum absolute atomic E-state index is 12.8. The number of fused-ring (bicyclic) bond motifs is 1. The molecule has 0 amide bonds. The van der Waals surface area contributed by atoms with Gasteiger partial charge in [-0.2, -0.15) is 9.97 Å². The number of halogens is 2. The Hall–Kier alpha value is -4.67. The summed E-state index contributed by atoms with van der Waals surface area (Å²) in [6.07, 6.45) is 1.45. The van der Waals surface area contributed by atoms with Crippen LogP contribution >= 0.6 is 23.2 Å². The van der Waals surface area contributed by atoms with E-state index in [2.05, 4.69) is 20.3 Å². The predicted octanol–water partition coefficient (Wildman–Crippen LogP) is 5.30. The van der Waals surface area contributed by atoms with Crippen molar-refractivity contribution < 1.29 is 14.6 Å². The third-order valence-electron chi connectivity index (χ3n) is 5.29. The first kappa shape index (κ1) is 24.0. The molecule has 0 atom stereocenters. The minimum Gasteiger partial charge on any atom is -0.478 e. The highest BCUT2D eigenvalue weighted by Crippen LogP contribution is 2.31. The van der Waals surface area contributed by atoms with Gasteiger partial charge >= 0.3 is 11.7 Å². The van der Waals surface area contributed by atoms with E-state index in [1.165, 1.54) is 18.3 Å². The Balaban J connectivity index is 1.37. The standard InChI is InChI=1S/C25H16Cl2N6O4/c26-18-2-1-3-19(27)20(18)33-21(28)17-12-29-24(31-22(17)32-25(33)36)30-14-6-10-16(11-7-14)37-15-8-4-13(5-9-15)23(34)35/h1-12H,28H2,(H,34,35)(H,30,31,32,36). The molecule has 0 radical (unpaired) electrons. The van der Waals surface area contributed by atoms with Gasteiger partial charge in [0.25, 0.3) is 0 Å². The number of para-hydroxylation sites is 1. The molecule has 2 heterocycles. The molecule has 4 N–H and O–H groups in total. The highest BCUT2D eigenvalue weighted by Gasteiger charge is 2.17. The van der Waals surface area contributed by atoms with Crippen LogP contribution in [0.4, 0.5) is 17.5 Å². The smallest absolute Gasteiger partial charge is 0.355 e. The number of carbonyl (C=O) groups is 1. The van der Waals surface area contributed by atoms with E-state index in [-0.39, 0.29) is 38.7 Å². The summed E-state index contributed by atoms with van der Waals surface area (Å²) in [5.41, 5.74) is 6.71. The molecule has 0 unspecified atom stereocenters. The number of rotatable bonds is 6. The van der Waals surface area contributed by atoms with Crippen LogP contribution in [0.3, 0.4) is 0 Å². The van der Waals surface area contributed by atoms with Crippen molar-refractivity contribution in [3.8, 4) is 17.2 Å². The molecule has 2 aromatic heterocycles. The van der Waals surface area contributed by atoms with Gasteiger partial charge in [0.05, 0.1) is 26.7 Å². The summed E-state index contributed by atoms with van der Waals surface area (Å²) in [6.45, 7) is 0. The molecular formula is C25H16Cl2N6O4. The fourth-order valence-corrected chi connectivity index (χ4v) is 4.09. The number of hydrogen-bond acceptors (Lipinski definition) is 8. The molecule has 0 fully saturated rings. The van der Waals surface area contributed by atoms with Crippen molar-refractivity contribution in [2.24, 2.45) is 0 Å². The number of ether oxygens (including phenoxy) is 1. The first-order valence-corrected chi connectivity index (χ1v) is 11.4. The molecule has 0 aliphatic rings. The lowest BCUT2D eigenvalue weighted by Gasteiger charge is -2.14. The van der Waals surface area contributed by atoms with Crippen LogP contribution in [0.2, 0.25) is 10.0 Å². The molecule has 3 aromatic carbocycles. The molecule has 184 valence electrons. The van der Waals surface area contributed by atoms with Crippen LogP contribution in [-0.4, -0.2) is 30.6 Å². The number of nitrogens with two attached hydrogens (primary N) is 1. The number of benzene rings is 3. The minimum absolute atomic E-state index is 0.0504. The van der Waals surface area contributed by atoms with Crippen LogP contribution in [0, 0.1) is 0 Å². The van der Waals surface area contributed by atoms with Crippen LogP contribution in [0.1, 0.15) is 10.4 Å². The molecule has 0 saturated heterocycles. The Labute approximate surface area is 218 Å². The summed E-state index contributed by atoms with van der Waals surface area (Å²) >= 11 is 12.5. The van der Waals surface area contributed by atoms with E-state index in [1.54, 1.807) is 54.6 Å². The van der Waals surface area contributed by atoms with E-state index in [0.717, 1.165) is 4.57 Å². The molecule has 37 heavy (non-hydrogen) atoms. The van der Waals surface area contributed by atoms with Crippen molar-refractivity contribution in [1.82, 2.24) is 19.5 Å². The Morgan fingerprint density at radius 2 is 1.57 bits per heavy atom. The zero-order valence-electron chi connectivity index (χ0n) is 18.7. The van der Waals surface area contributed by atoms with Crippen molar-refractivity contribution in [1.29, 1.82) is 0 Å². The van der Waals surface area contributed by atoms with Crippen molar-refractivity contribution in [3.63, 3.8) is 0 Å². The van der Waals surface area contributed by atoms with E-state index in [1.807, 2.05) is 0 Å². The lowest BCUT2D eigenvalue weighted by molar-refractivity contribution is 0.0697. The fraction of sp³-hybridized carbons (Fsp3) is 0. The number of nitrogens with one attached hydrogen (secondary N) is 1. The summed E-state index contributed by atoms with van der Waals surface area (Å²) < 4.78 is 6.86. The summed E-state index contributed by atoms with van der Waals surface area (Å²) in [5.74, 6) is 0.281. The van der Waals surface area contributed by atoms with Crippen molar-refractivity contribution >= 4 is 57.7 Å². The molecule has 0 saturated carbocycles. The van der Waals surface area contributed by atoms with Gasteiger partial charge in [0.1, 0.15) is 17.3 Å². The zero-order valence-corrected chi connectivity index (χ0v) is 20.2. The second-order valence-corrected chi connectivity index (χ2v) is 8.51. The van der Waals surface area contributed by atoms with Crippen molar-refractivity contribution in [2.75, 3.05) is 11.1 Å². The number of hydrogen-bond donors (Lipinski definition) is 3. The number of nitrogen functional groups attached to an aromatic ring is 1. The maximum atomic E-state index is 12.8. The Kier molecular flexibility index (Phi) is 6.34. The molecule has 5 aromatic rings. The molecule has 5 rings (SSSR count). The topological polar surface area (TPSA) is 145 Å². The van der Waals surface area contributed by atoms with Gasteiger partial charge < -0.3 is 20.9 Å². The largest absolute Gasteiger partial charge is 0.478 e. The third-order valence-corrected chi connectivity index (χ3v) is 5.90. The number of aromatic carboxylic acids is 1. The summed E-state index contributed by atoms with van der Waals surface area (Å²) in [7, 11) is 0. The van der Waals surface area contributed by atoms with Crippen molar-refractivity contribution in [2.45, 2.75) is 0 Å². The fourth-order valence-electron chi connectivity index (χ4n) is 3.52. The van der Waals surface area contributed by atoms with Gasteiger partial charge in [-0.3, -0.25) is 0 Å². The average Bonchev–Trinajstić information content (AvgIpc) is 2.87. The van der Waals surface area contributed by atoms with E-state index >= 15 is 0 Å². The van der Waals surface area contributed by atoms with Crippen LogP contribution < -0.4 is 21.5 Å². The highest BCUT2D eigenvalue weighted by molar-refractivity contribution is 6.37. The lowest BCUT2D eigenvalue weighted by atomic mass is 10.2. The van der Waals surface area contributed by atoms with E-state index < -0.39 is 11.7 Å². The van der Waals surface area contributed by atoms with Crippen LogP contribution in [0.15, 0.2) is 77.7 Å². The quantitative estimate of drug-likeness (QED) is 0.264. The predicted molar refractivity (Wildman–Crippen MR) is 141 cm³/mol. The zero-order chi connectivity index (χ0) is 26.1. The SMILES string of the molecule is Nc1c2cnc(Nc3ccc(Oc4ccc(C(=O)O)cc4)cc3)nc2nc(=O)n1-c1c(Cl)cccc1Cl. The average molecular weight is 535 g/mol. The normalized spacial score (nSPS) is 10.9. The second kappa shape index (κ2) is 9.76. The van der Waals surface area contributed by atoms with Gasteiger partial charge in [0, 0.05) is 11.9 Å². The first-order chi connectivity index (χ1) is 17.8. The van der Waals surface area contributed by atoms with E-state index in [4.69, 9.17) is 38.8 Å². The number of carboxylic acid groups (broad SMARTS) is 1.